The zero-order chi connectivity index (χ0) is 29.4. The third-order valence-corrected chi connectivity index (χ3v) is 8.30. The molecule has 1 aliphatic heterocycles. The van der Waals surface area contributed by atoms with E-state index in [9.17, 15) is 43.9 Å². The van der Waals surface area contributed by atoms with Crippen molar-refractivity contribution in [1.82, 2.24) is 24.6 Å². The highest BCUT2D eigenvalue weighted by molar-refractivity contribution is 7.89. The first-order valence-corrected chi connectivity index (χ1v) is 13.0. The molecule has 1 aliphatic rings. The smallest absolute Gasteiger partial charge is 0.351 e. The zero-order valence-electron chi connectivity index (χ0n) is 20.4. The number of carbonyl (C=O) groups excluding carboxylic acids is 1. The van der Waals surface area contributed by atoms with Crippen LogP contribution < -0.4 is 5.32 Å². The Bertz CT molecular complexity index is 1490. The molecule has 214 valence electrons. The van der Waals surface area contributed by atoms with Crippen LogP contribution in [0.1, 0.15) is 36.7 Å². The minimum atomic E-state index is -4.80. The van der Waals surface area contributed by atoms with Gasteiger partial charge < -0.3 is 5.32 Å². The van der Waals surface area contributed by atoms with Crippen LogP contribution >= 0.6 is 0 Å². The van der Waals surface area contributed by atoms with Gasteiger partial charge in [0.05, 0.1) is 16.6 Å². The second kappa shape index (κ2) is 11.1. The summed E-state index contributed by atoms with van der Waals surface area (Å²) in [7, 11) is -4.45. The van der Waals surface area contributed by atoms with Crippen molar-refractivity contribution in [3.8, 4) is 11.3 Å². The number of rotatable bonds is 7. The summed E-state index contributed by atoms with van der Waals surface area (Å²) in [5, 5.41) is 2.33. The average Bonchev–Trinajstić information content (AvgIpc) is 3.21. The lowest BCUT2D eigenvalue weighted by Gasteiger charge is -2.27. The first-order valence-electron chi connectivity index (χ1n) is 11.6. The number of halogens is 7. The topological polar surface area (TPSA) is 105 Å². The van der Waals surface area contributed by atoms with Gasteiger partial charge in [-0.25, -0.2) is 35.9 Å². The Morgan fingerprint density at radius 2 is 1.73 bits per heavy atom. The van der Waals surface area contributed by atoms with Crippen molar-refractivity contribution in [3.63, 3.8) is 0 Å². The number of hydrogen-bond donors (Lipinski definition) is 1. The Hall–Kier alpha value is -3.66. The lowest BCUT2D eigenvalue weighted by atomic mass is 10.1. The molecule has 0 spiro atoms. The molecule has 3 heterocycles. The molecule has 8 nitrogen and oxygen atoms in total. The van der Waals surface area contributed by atoms with Crippen LogP contribution in [0.2, 0.25) is 0 Å². The third kappa shape index (κ3) is 5.91. The molecule has 1 aromatic carbocycles. The van der Waals surface area contributed by atoms with Crippen molar-refractivity contribution >= 4 is 15.9 Å². The van der Waals surface area contributed by atoms with E-state index >= 15 is 0 Å². The Balaban J connectivity index is 1.58. The summed E-state index contributed by atoms with van der Waals surface area (Å²) in [6.07, 6.45) is -7.69. The van der Waals surface area contributed by atoms with E-state index < -0.39 is 77.0 Å². The fourth-order valence-corrected chi connectivity index (χ4v) is 6.03. The largest absolute Gasteiger partial charge is 0.451 e. The van der Waals surface area contributed by atoms with Gasteiger partial charge in [0, 0.05) is 42.7 Å². The van der Waals surface area contributed by atoms with Gasteiger partial charge in [-0.3, -0.25) is 9.78 Å². The number of aromatic nitrogens is 3. The van der Waals surface area contributed by atoms with E-state index in [0.29, 0.717) is 4.31 Å². The van der Waals surface area contributed by atoms with E-state index in [0.717, 1.165) is 48.9 Å². The summed E-state index contributed by atoms with van der Waals surface area (Å²) < 4.78 is 121. The van der Waals surface area contributed by atoms with Crippen LogP contribution in [0.15, 0.2) is 53.8 Å². The van der Waals surface area contributed by atoms with Gasteiger partial charge in [0.1, 0.15) is 18.0 Å². The second-order valence-corrected chi connectivity index (χ2v) is 10.7. The van der Waals surface area contributed by atoms with Crippen LogP contribution in [0.5, 0.6) is 0 Å². The Kier molecular flexibility index (Phi) is 8.12. The number of hydrogen-bond acceptors (Lipinski definition) is 6. The third-order valence-electron chi connectivity index (χ3n) is 6.29. The lowest BCUT2D eigenvalue weighted by molar-refractivity contribution is -0.145. The minimum Gasteiger partial charge on any atom is -0.351 e. The molecule has 0 unspecified atom stereocenters. The summed E-state index contributed by atoms with van der Waals surface area (Å²) in [5.41, 5.74) is -0.871. The van der Waals surface area contributed by atoms with E-state index in [-0.39, 0.29) is 21.7 Å². The fraction of sp³-hybridized carbons (Fsp3) is 0.333. The summed E-state index contributed by atoms with van der Waals surface area (Å²) in [5.74, 6) is -3.10. The summed E-state index contributed by atoms with van der Waals surface area (Å²) in [6.45, 7) is 0.691. The highest BCUT2D eigenvalue weighted by Crippen LogP contribution is 2.34. The molecule has 0 radical (unpaired) electrons. The van der Waals surface area contributed by atoms with Gasteiger partial charge in [0.25, 0.3) is 6.43 Å². The molecule has 0 aliphatic carbocycles. The first kappa shape index (κ1) is 29.3. The highest BCUT2D eigenvalue weighted by atomic mass is 32.2. The average molecular weight is 592 g/mol. The number of sulfonamides is 1. The first-order chi connectivity index (χ1) is 18.7. The minimum absolute atomic E-state index is 0.0251. The Labute approximate surface area is 223 Å². The van der Waals surface area contributed by atoms with Crippen LogP contribution in [0.3, 0.4) is 0 Å². The molecule has 2 aromatic heterocycles. The van der Waals surface area contributed by atoms with Crippen LogP contribution in [-0.4, -0.2) is 51.8 Å². The number of nitrogens with one attached hydrogen (secondary N) is 1. The standard InChI is InChI=1S/C24H20F7N5O3S/c1-12-18(26)7-20(36(12)40(38,39)16-4-2-15(25)3-5-16)22(37)33-8-13-6-19(32-11-17(13)21(27)28)14-9-34-23(35-10-14)24(29,30)31/h2-6,9-12,18,20-21H,7-8H2,1H3,(H,33,37)/t12-,18+,20-/m0/s1. The van der Waals surface area contributed by atoms with Gasteiger partial charge in [0.2, 0.25) is 21.8 Å². The molecule has 0 bridgehead atoms. The van der Waals surface area contributed by atoms with Crippen molar-refractivity contribution < 1.29 is 43.9 Å². The van der Waals surface area contributed by atoms with Crippen LogP contribution in [-0.2, 0) is 27.5 Å². The van der Waals surface area contributed by atoms with Crippen molar-refractivity contribution in [2.75, 3.05) is 0 Å². The number of pyridine rings is 1. The zero-order valence-corrected chi connectivity index (χ0v) is 21.2. The maximum absolute atomic E-state index is 14.6. The van der Waals surface area contributed by atoms with E-state index in [1.165, 1.54) is 6.92 Å². The van der Waals surface area contributed by atoms with E-state index in [2.05, 4.69) is 20.3 Å². The SMILES string of the molecule is C[C@H]1[C@H](F)C[C@@H](C(=O)NCc2cc(-c3cnc(C(F)(F)F)nc3)ncc2C(F)F)N1S(=O)(=O)c1ccc(F)cc1. The molecule has 3 atom stereocenters. The molecule has 1 saturated heterocycles. The predicted octanol–water partition coefficient (Wildman–Crippen LogP) is 4.44. The molecule has 1 fully saturated rings. The van der Waals surface area contributed by atoms with Crippen LogP contribution in [0.4, 0.5) is 30.7 Å². The Morgan fingerprint density at radius 3 is 2.30 bits per heavy atom. The van der Waals surface area contributed by atoms with Gasteiger partial charge >= 0.3 is 6.18 Å². The van der Waals surface area contributed by atoms with Crippen LogP contribution in [0.25, 0.3) is 11.3 Å². The maximum atomic E-state index is 14.6. The van der Waals surface area contributed by atoms with Gasteiger partial charge in [-0.2, -0.15) is 17.5 Å². The van der Waals surface area contributed by atoms with Crippen molar-refractivity contribution in [2.24, 2.45) is 0 Å². The monoisotopic (exact) mass is 591 g/mol. The normalized spacial score (nSPS) is 20.2. The second-order valence-electron chi connectivity index (χ2n) is 8.88. The van der Waals surface area contributed by atoms with Crippen molar-refractivity contribution in [3.05, 3.63) is 71.7 Å². The van der Waals surface area contributed by atoms with Crippen molar-refractivity contribution in [2.45, 2.75) is 55.6 Å². The van der Waals surface area contributed by atoms with Gasteiger partial charge in [-0.1, -0.05) is 0 Å². The molecule has 4 rings (SSSR count). The number of amides is 1. The quantitative estimate of drug-likeness (QED) is 0.408. The molecule has 40 heavy (non-hydrogen) atoms. The molecular formula is C24H20F7N5O3S. The summed E-state index contributed by atoms with van der Waals surface area (Å²) >= 11 is 0. The molecule has 1 N–H and O–H groups in total. The Morgan fingerprint density at radius 1 is 1.10 bits per heavy atom. The predicted molar refractivity (Wildman–Crippen MR) is 125 cm³/mol. The highest BCUT2D eigenvalue weighted by Gasteiger charge is 2.49. The summed E-state index contributed by atoms with van der Waals surface area (Å²) in [4.78, 5) is 22.9. The van der Waals surface area contributed by atoms with Gasteiger partial charge in [0.15, 0.2) is 0 Å². The van der Waals surface area contributed by atoms with Crippen molar-refractivity contribution in [1.29, 1.82) is 0 Å². The lowest BCUT2D eigenvalue weighted by Crippen LogP contribution is -2.48. The van der Waals surface area contributed by atoms with E-state index in [4.69, 9.17) is 0 Å². The van der Waals surface area contributed by atoms with Gasteiger partial charge in [-0.15, -0.1) is 0 Å². The molecule has 0 saturated carbocycles. The van der Waals surface area contributed by atoms with Gasteiger partial charge in [-0.05, 0) is 42.8 Å². The van der Waals surface area contributed by atoms with E-state index in [1.54, 1.807) is 0 Å². The fourth-order valence-electron chi connectivity index (χ4n) is 4.22. The molecule has 16 heteroatoms. The number of nitrogens with zero attached hydrogens (tertiary/aromatic N) is 4. The number of carbonyl (C=O) groups is 1. The summed E-state index contributed by atoms with van der Waals surface area (Å²) in [6, 6.07) is 2.02. The molecule has 1 amide bonds. The maximum Gasteiger partial charge on any atom is 0.451 e. The van der Waals surface area contributed by atoms with E-state index in [1.807, 2.05) is 0 Å². The molecule has 3 aromatic rings. The van der Waals surface area contributed by atoms with Crippen LogP contribution in [0, 0.1) is 5.82 Å². The molecular weight excluding hydrogens is 571 g/mol. The number of alkyl halides is 6. The number of benzene rings is 1.